The maximum absolute atomic E-state index is 13.4. The second kappa shape index (κ2) is 18.0. The van der Waals surface area contributed by atoms with Crippen LogP contribution in [0.4, 0.5) is 55.3 Å². The van der Waals surface area contributed by atoms with Gasteiger partial charge >= 0.3 is 18.3 Å². The quantitative estimate of drug-likeness (QED) is 0.116. The molecule has 4 aromatic rings. The van der Waals surface area contributed by atoms with Gasteiger partial charge in [0.15, 0.2) is 12.4 Å². The van der Waals surface area contributed by atoms with E-state index in [0.717, 1.165) is 57.7 Å². The van der Waals surface area contributed by atoms with E-state index in [0.29, 0.717) is 40.3 Å². The molecule has 0 saturated carbocycles. The van der Waals surface area contributed by atoms with Gasteiger partial charge in [0.05, 0.1) is 22.7 Å². The Morgan fingerprint density at radius 1 is 0.965 bits per heavy atom. The van der Waals surface area contributed by atoms with Gasteiger partial charge in [-0.25, -0.2) is 9.78 Å². The molecular formula is C35H42ClF6N10O4P. The zero-order chi connectivity index (χ0) is 41.7. The summed E-state index contributed by atoms with van der Waals surface area (Å²) in [6, 6.07) is 5.69. The van der Waals surface area contributed by atoms with Crippen molar-refractivity contribution in [2.75, 3.05) is 81.8 Å². The maximum Gasteiger partial charge on any atom is 0.490 e. The normalized spacial score (nSPS) is 16.2. The zero-order valence-corrected chi connectivity index (χ0v) is 33.1. The van der Waals surface area contributed by atoms with E-state index in [-0.39, 0.29) is 28.4 Å². The molecule has 2 aliphatic heterocycles. The predicted molar refractivity (Wildman–Crippen MR) is 205 cm³/mol. The first kappa shape index (κ1) is 43.6. The number of carboxylic acid groups (broad SMARTS) is 1. The third-order valence-corrected chi connectivity index (χ3v) is 11.1. The van der Waals surface area contributed by atoms with E-state index in [1.807, 2.05) is 6.92 Å². The third kappa shape index (κ3) is 11.5. The number of carboxylic acids is 1. The van der Waals surface area contributed by atoms with Crippen molar-refractivity contribution in [3.63, 3.8) is 0 Å². The standard InChI is InChI=1S/C33H41ClF3N10O2P.C2HF3O2/c1-5-21-18-26(31(49-20-33(35,36)37)44-30(21)47-12-8-22(9-13-47)46-16-14-45(2)15-17-46)42-32-40-19-23(34)29(43-32)41-25-7-6-24-27(39-11-10-38-24)28(25)50(3,4)48;3-2(4,5)1(6)7/h6-7,10-11,18-19,22H,5,8-9,12-17,20H2,1-4H3,(H2,40,41,42,43);(H,6,7). The van der Waals surface area contributed by atoms with E-state index in [1.165, 1.54) is 12.4 Å². The van der Waals surface area contributed by atoms with Crippen molar-refractivity contribution in [3.8, 4) is 5.88 Å². The van der Waals surface area contributed by atoms with Crippen LogP contribution in [0, 0.1) is 0 Å². The highest BCUT2D eigenvalue weighted by atomic mass is 35.5. The largest absolute Gasteiger partial charge is 0.490 e. The summed E-state index contributed by atoms with van der Waals surface area (Å²) in [7, 11) is -0.741. The minimum absolute atomic E-state index is 0.0386. The van der Waals surface area contributed by atoms with Gasteiger partial charge in [-0.05, 0) is 63.4 Å². The van der Waals surface area contributed by atoms with Gasteiger partial charge in [-0.1, -0.05) is 18.5 Å². The molecule has 1 aromatic carbocycles. The van der Waals surface area contributed by atoms with Crippen molar-refractivity contribution in [1.29, 1.82) is 0 Å². The molecule has 14 nitrogen and oxygen atoms in total. The molecule has 0 amide bonds. The van der Waals surface area contributed by atoms with Crippen molar-refractivity contribution in [2.24, 2.45) is 0 Å². The van der Waals surface area contributed by atoms with Crippen molar-refractivity contribution >= 4 is 70.0 Å². The Morgan fingerprint density at radius 3 is 2.21 bits per heavy atom. The predicted octanol–water partition coefficient (Wildman–Crippen LogP) is 6.56. The van der Waals surface area contributed by atoms with Gasteiger partial charge in [-0.15, -0.1) is 0 Å². The Balaban J connectivity index is 0.000000811. The van der Waals surface area contributed by atoms with Crippen LogP contribution >= 0.6 is 18.7 Å². The van der Waals surface area contributed by atoms with Crippen LogP contribution < -0.4 is 25.6 Å². The van der Waals surface area contributed by atoms with Crippen LogP contribution in [0.2, 0.25) is 5.02 Å². The highest BCUT2D eigenvalue weighted by molar-refractivity contribution is 7.71. The monoisotopic (exact) mass is 846 g/mol. The number of carbonyl (C=O) groups is 1. The number of aromatic nitrogens is 5. The fourth-order valence-corrected chi connectivity index (χ4v) is 8.00. The Kier molecular flexibility index (Phi) is 13.7. The maximum atomic E-state index is 13.4. The van der Waals surface area contributed by atoms with E-state index in [4.69, 9.17) is 26.2 Å². The number of nitrogens with zero attached hydrogens (tertiary/aromatic N) is 8. The lowest BCUT2D eigenvalue weighted by Gasteiger charge is -2.42. The Labute approximate surface area is 329 Å². The number of rotatable bonds is 10. The number of alkyl halides is 6. The number of fused-ring (bicyclic) bond motifs is 1. The molecule has 0 spiro atoms. The Morgan fingerprint density at radius 2 is 1.61 bits per heavy atom. The fraction of sp³-hybridized carbons (Fsp3) is 0.486. The molecule has 6 rings (SSSR count). The molecule has 22 heteroatoms. The van der Waals surface area contributed by atoms with Crippen LogP contribution in [0.25, 0.3) is 11.0 Å². The minimum Gasteiger partial charge on any atom is -0.475 e. The molecule has 0 atom stereocenters. The first-order valence-electron chi connectivity index (χ1n) is 17.8. The van der Waals surface area contributed by atoms with Crippen LogP contribution in [0.1, 0.15) is 25.3 Å². The summed E-state index contributed by atoms with van der Waals surface area (Å²) in [6.45, 7) is 9.38. The van der Waals surface area contributed by atoms with E-state index < -0.39 is 32.1 Å². The highest BCUT2D eigenvalue weighted by Crippen LogP contribution is 2.41. The van der Waals surface area contributed by atoms with Gasteiger partial charge in [-0.3, -0.25) is 14.9 Å². The molecule has 3 aromatic heterocycles. The lowest BCUT2D eigenvalue weighted by Crippen LogP contribution is -2.52. The summed E-state index contributed by atoms with van der Waals surface area (Å²) in [4.78, 5) is 38.1. The first-order chi connectivity index (χ1) is 26.7. The summed E-state index contributed by atoms with van der Waals surface area (Å²) in [5.74, 6) is -2.13. The molecule has 57 heavy (non-hydrogen) atoms. The third-order valence-electron chi connectivity index (χ3n) is 9.25. The molecule has 0 aliphatic carbocycles. The van der Waals surface area contributed by atoms with Crippen LogP contribution in [-0.4, -0.2) is 130 Å². The summed E-state index contributed by atoms with van der Waals surface area (Å²) in [6.07, 6.45) is -2.73. The topological polar surface area (TPSA) is 162 Å². The number of aryl methyl sites for hydroxylation is 1. The van der Waals surface area contributed by atoms with Gasteiger partial charge in [-0.2, -0.15) is 36.3 Å². The molecule has 0 bridgehead atoms. The van der Waals surface area contributed by atoms with E-state index >= 15 is 0 Å². The number of nitrogens with one attached hydrogen (secondary N) is 2. The Hall–Kier alpha value is -4.52. The number of anilines is 5. The van der Waals surface area contributed by atoms with Crippen LogP contribution in [0.3, 0.4) is 0 Å². The average molecular weight is 847 g/mol. The lowest BCUT2D eigenvalue weighted by molar-refractivity contribution is -0.192. The summed E-state index contributed by atoms with van der Waals surface area (Å²) in [5, 5.41) is 13.9. The average Bonchev–Trinajstić information content (AvgIpc) is 3.14. The van der Waals surface area contributed by atoms with Crippen molar-refractivity contribution < 1.29 is 45.5 Å². The van der Waals surface area contributed by atoms with Crippen molar-refractivity contribution in [3.05, 3.63) is 47.4 Å². The van der Waals surface area contributed by atoms with E-state index in [1.54, 1.807) is 37.7 Å². The summed E-state index contributed by atoms with van der Waals surface area (Å²) >= 11 is 6.50. The lowest BCUT2D eigenvalue weighted by atomic mass is 10.0. The van der Waals surface area contributed by atoms with Crippen LogP contribution in [0.15, 0.2) is 36.8 Å². The zero-order valence-electron chi connectivity index (χ0n) is 31.5. The number of hydrogen-bond donors (Lipinski definition) is 3. The first-order valence-corrected chi connectivity index (χ1v) is 20.8. The highest BCUT2D eigenvalue weighted by Gasteiger charge is 2.38. The molecular weight excluding hydrogens is 805 g/mol. The van der Waals surface area contributed by atoms with Crippen molar-refractivity contribution in [1.82, 2.24) is 34.7 Å². The molecule has 0 unspecified atom stereocenters. The number of piperazine rings is 1. The van der Waals surface area contributed by atoms with Crippen LogP contribution in [-0.2, 0) is 15.8 Å². The summed E-state index contributed by atoms with van der Waals surface area (Å²) < 4.78 is 90.6. The molecule has 2 aliphatic rings. The molecule has 3 N–H and O–H groups in total. The van der Waals surface area contributed by atoms with Gasteiger partial charge < -0.3 is 34.8 Å². The SMILES string of the molecule is CCc1cc(Nc2ncc(Cl)c(Nc3ccc4nccnc4c3P(C)(C)=O)n2)c(OCC(F)(F)F)nc1N1CCC(N2CCN(C)CC2)CC1.O=C(O)C(F)(F)F. The molecule has 310 valence electrons. The number of likely N-dealkylation sites (N-methyl/N-ethyl adjacent to an activating group) is 1. The van der Waals surface area contributed by atoms with Crippen LogP contribution in [0.5, 0.6) is 5.88 Å². The van der Waals surface area contributed by atoms with E-state index in [2.05, 4.69) is 57.3 Å². The van der Waals surface area contributed by atoms with Gasteiger partial charge in [0.1, 0.15) is 29.2 Å². The molecule has 0 radical (unpaired) electrons. The number of piperidine rings is 1. The fourth-order valence-electron chi connectivity index (χ4n) is 6.47. The summed E-state index contributed by atoms with van der Waals surface area (Å²) in [5.41, 5.74) is 2.58. The molecule has 2 saturated heterocycles. The van der Waals surface area contributed by atoms with Crippen molar-refractivity contribution in [2.45, 2.75) is 44.6 Å². The smallest absolute Gasteiger partial charge is 0.475 e. The number of benzene rings is 1. The second-order valence-electron chi connectivity index (χ2n) is 13.8. The van der Waals surface area contributed by atoms with Gasteiger partial charge in [0.2, 0.25) is 11.8 Å². The number of aliphatic carboxylic acids is 1. The number of ether oxygens (including phenoxy) is 1. The number of pyridine rings is 1. The molecule has 5 heterocycles. The minimum atomic E-state index is -5.08. The molecule has 2 fully saturated rings. The number of hydrogen-bond acceptors (Lipinski definition) is 13. The number of halogens is 7. The van der Waals surface area contributed by atoms with Gasteiger partial charge in [0, 0.05) is 57.7 Å². The van der Waals surface area contributed by atoms with Gasteiger partial charge in [0.25, 0.3) is 0 Å². The van der Waals surface area contributed by atoms with E-state index in [9.17, 15) is 30.9 Å². The Bertz CT molecular complexity index is 2090. The second-order valence-corrected chi connectivity index (χ2v) is 17.4.